The van der Waals surface area contributed by atoms with Gasteiger partial charge in [-0.05, 0) is 31.0 Å². The first-order valence-corrected chi connectivity index (χ1v) is 13.4. The van der Waals surface area contributed by atoms with Crippen LogP contribution in [-0.2, 0) is 4.74 Å². The van der Waals surface area contributed by atoms with E-state index in [-0.39, 0.29) is 16.7 Å². The van der Waals surface area contributed by atoms with Gasteiger partial charge in [-0.15, -0.1) is 0 Å². The van der Waals surface area contributed by atoms with Gasteiger partial charge in [0.15, 0.2) is 5.69 Å². The molecule has 1 aliphatic rings. The number of hydrogen-bond acceptors (Lipinski definition) is 8. The van der Waals surface area contributed by atoms with Crippen molar-refractivity contribution >= 4 is 46.2 Å². The van der Waals surface area contributed by atoms with Crippen molar-refractivity contribution in [2.45, 2.75) is 31.8 Å². The van der Waals surface area contributed by atoms with Crippen molar-refractivity contribution in [3.63, 3.8) is 0 Å². The van der Waals surface area contributed by atoms with Gasteiger partial charge >= 0.3 is 12.6 Å². The average molecular weight is 606 g/mol. The summed E-state index contributed by atoms with van der Waals surface area (Å²) in [6.07, 6.45) is 9.37. The summed E-state index contributed by atoms with van der Waals surface area (Å²) in [7, 11) is 0. The molecular formula is C28H23Cl2F2N3O6. The molecule has 41 heavy (non-hydrogen) atoms. The van der Waals surface area contributed by atoms with E-state index in [1.165, 1.54) is 24.5 Å². The number of aromatic nitrogens is 3. The molecule has 0 radical (unpaired) electrons. The second-order valence-corrected chi connectivity index (χ2v) is 9.92. The average Bonchev–Trinajstić information content (AvgIpc) is 3.70. The molecule has 0 bridgehead atoms. The van der Waals surface area contributed by atoms with E-state index in [9.17, 15) is 18.7 Å². The first-order chi connectivity index (χ1) is 19.8. The number of ether oxygens (including phenoxy) is 3. The molecule has 0 saturated heterocycles. The number of nitrogens with zero attached hydrogens (tertiary/aromatic N) is 3. The van der Waals surface area contributed by atoms with Crippen LogP contribution < -0.4 is 9.47 Å². The third-order valence-electron chi connectivity index (χ3n) is 6.17. The molecule has 1 aromatic carbocycles. The molecule has 0 amide bonds. The number of alkyl halides is 2. The van der Waals surface area contributed by atoms with Crippen LogP contribution in [0.15, 0.2) is 47.3 Å². The highest BCUT2D eigenvalue weighted by atomic mass is 35.5. The highest BCUT2D eigenvalue weighted by Gasteiger charge is 2.32. The van der Waals surface area contributed by atoms with Gasteiger partial charge in [0, 0.05) is 47.3 Å². The van der Waals surface area contributed by atoms with Crippen LogP contribution in [0.2, 0.25) is 10.0 Å². The molecule has 0 atom stereocenters. The summed E-state index contributed by atoms with van der Waals surface area (Å²) in [6.45, 7) is -2.11. The molecule has 5 rings (SSSR count). The Balaban J connectivity index is 1.15. The van der Waals surface area contributed by atoms with Crippen LogP contribution in [0, 0.1) is 0 Å². The fourth-order valence-electron chi connectivity index (χ4n) is 4.16. The summed E-state index contributed by atoms with van der Waals surface area (Å²) >= 11 is 12.7. The number of carboxylic acids is 1. The third kappa shape index (κ3) is 6.92. The Morgan fingerprint density at radius 1 is 1.17 bits per heavy atom. The van der Waals surface area contributed by atoms with Gasteiger partial charge in [0.25, 0.3) is 0 Å². The summed E-state index contributed by atoms with van der Waals surface area (Å²) < 4.78 is 47.3. The van der Waals surface area contributed by atoms with Gasteiger partial charge in [-0.25, -0.2) is 9.78 Å². The van der Waals surface area contributed by atoms with Gasteiger partial charge in [0.05, 0.1) is 35.4 Å². The molecule has 1 saturated carbocycles. The number of hydrogen-bond donors (Lipinski definition) is 1. The molecule has 3 aromatic heterocycles. The van der Waals surface area contributed by atoms with Crippen LogP contribution in [0.3, 0.4) is 0 Å². The zero-order valence-electron chi connectivity index (χ0n) is 21.4. The van der Waals surface area contributed by atoms with E-state index in [0.29, 0.717) is 59.2 Å². The maximum atomic E-state index is 12.9. The highest BCUT2D eigenvalue weighted by molar-refractivity contribution is 6.39. The van der Waals surface area contributed by atoms with Gasteiger partial charge < -0.3 is 23.8 Å². The summed E-state index contributed by atoms with van der Waals surface area (Å²) in [5.74, 6) is -0.148. The van der Waals surface area contributed by atoms with Crippen molar-refractivity contribution < 1.29 is 37.4 Å². The number of fused-ring (bicyclic) bond motifs is 1. The van der Waals surface area contributed by atoms with Gasteiger partial charge in [0.1, 0.15) is 23.0 Å². The fraction of sp³-hybridized carbons (Fsp3) is 0.286. The zero-order valence-corrected chi connectivity index (χ0v) is 22.9. The highest BCUT2D eigenvalue weighted by Crippen LogP contribution is 2.46. The Morgan fingerprint density at radius 3 is 2.66 bits per heavy atom. The Bertz CT molecular complexity index is 1570. The Hall–Kier alpha value is -3.80. The summed E-state index contributed by atoms with van der Waals surface area (Å²) in [5.41, 5.74) is 1.72. The number of carbonyl (C=O) groups is 1. The van der Waals surface area contributed by atoms with Gasteiger partial charge in [-0.3, -0.25) is 4.98 Å². The number of pyridine rings is 2. The molecule has 1 fully saturated rings. The van der Waals surface area contributed by atoms with Crippen LogP contribution in [0.4, 0.5) is 8.78 Å². The lowest BCUT2D eigenvalue weighted by Gasteiger charge is -2.11. The Morgan fingerprint density at radius 2 is 1.95 bits per heavy atom. The van der Waals surface area contributed by atoms with E-state index in [2.05, 4.69) is 19.9 Å². The van der Waals surface area contributed by atoms with Crippen LogP contribution in [0.25, 0.3) is 28.2 Å². The normalized spacial score (nSPS) is 13.4. The predicted molar refractivity (Wildman–Crippen MR) is 147 cm³/mol. The summed E-state index contributed by atoms with van der Waals surface area (Å²) in [5, 5.41) is 14.4. The van der Waals surface area contributed by atoms with E-state index >= 15 is 0 Å². The number of halogens is 4. The topological polar surface area (TPSA) is 117 Å². The number of carboxylic acid groups (broad SMARTS) is 1. The molecule has 0 spiro atoms. The van der Waals surface area contributed by atoms with Crippen LogP contribution in [0.5, 0.6) is 11.5 Å². The quantitative estimate of drug-likeness (QED) is 0.157. The van der Waals surface area contributed by atoms with Crippen molar-refractivity contribution in [1.29, 1.82) is 0 Å². The van der Waals surface area contributed by atoms with E-state index in [4.69, 9.17) is 37.2 Å². The van der Waals surface area contributed by atoms with E-state index in [0.717, 1.165) is 30.2 Å². The molecule has 13 heteroatoms. The maximum Gasteiger partial charge on any atom is 0.387 e. The molecule has 4 aromatic rings. The second-order valence-electron chi connectivity index (χ2n) is 9.11. The lowest BCUT2D eigenvalue weighted by molar-refractivity contribution is -0.0489. The van der Waals surface area contributed by atoms with E-state index < -0.39 is 18.3 Å². The molecule has 3 heterocycles. The van der Waals surface area contributed by atoms with E-state index in [1.54, 1.807) is 6.07 Å². The summed E-state index contributed by atoms with van der Waals surface area (Å²) in [6, 6.07) is 5.49. The predicted octanol–water partition coefficient (Wildman–Crippen LogP) is 7.27. The minimum absolute atomic E-state index is 0.192. The van der Waals surface area contributed by atoms with Crippen LogP contribution in [0.1, 0.15) is 47.0 Å². The van der Waals surface area contributed by atoms with Gasteiger partial charge in [-0.2, -0.15) is 8.78 Å². The fourth-order valence-corrected chi connectivity index (χ4v) is 4.71. The molecular weight excluding hydrogens is 583 g/mol. The molecule has 9 nitrogen and oxygen atoms in total. The Labute approximate surface area is 242 Å². The molecule has 1 N–H and O–H groups in total. The molecule has 0 aliphatic heterocycles. The maximum absolute atomic E-state index is 12.9. The number of aromatic carboxylic acids is 1. The summed E-state index contributed by atoms with van der Waals surface area (Å²) in [4.78, 5) is 19.2. The van der Waals surface area contributed by atoms with Crippen molar-refractivity contribution in [3.8, 4) is 22.8 Å². The largest absolute Gasteiger partial charge is 0.493 e. The second kappa shape index (κ2) is 12.8. The monoisotopic (exact) mass is 605 g/mol. The van der Waals surface area contributed by atoms with Crippen molar-refractivity contribution in [2.75, 3.05) is 19.8 Å². The first-order valence-electron chi connectivity index (χ1n) is 12.6. The third-order valence-corrected chi connectivity index (χ3v) is 6.75. The van der Waals surface area contributed by atoms with Gasteiger partial charge in [0.2, 0.25) is 0 Å². The van der Waals surface area contributed by atoms with Crippen LogP contribution >= 0.6 is 23.2 Å². The molecule has 0 unspecified atom stereocenters. The SMILES string of the molecule is O=C(O)c1cc(OC(F)F)c2cc(OCCCOC/C=C/c3c(-c4c(Cl)cncc4Cl)noc3C3CC3)ccc2n1. The smallest absolute Gasteiger partial charge is 0.387 e. The standard InChI is InChI=1S/C28H23Cl2F2N3O6/c29-19-13-33-14-20(30)24(19)25-17(26(41-35-25)15-4-5-15)3-1-8-38-9-2-10-39-16-6-7-21-18(11-16)23(40-28(31)32)12-22(34-21)27(36)37/h1,3,6-7,11-15,28H,2,4-5,8-10H2,(H,36,37)/b3-1+. The molecule has 214 valence electrons. The number of rotatable bonds is 13. The van der Waals surface area contributed by atoms with Gasteiger partial charge in [-0.1, -0.05) is 40.5 Å². The minimum atomic E-state index is -3.12. The van der Waals surface area contributed by atoms with Crippen LogP contribution in [-0.4, -0.2) is 52.6 Å². The lowest BCUT2D eigenvalue weighted by atomic mass is 10.0. The Kier molecular flexibility index (Phi) is 8.96. The molecule has 1 aliphatic carbocycles. The van der Waals surface area contributed by atoms with Crippen molar-refractivity contribution in [3.05, 3.63) is 69.8 Å². The van der Waals surface area contributed by atoms with E-state index in [1.807, 2.05) is 12.2 Å². The lowest BCUT2D eigenvalue weighted by Crippen LogP contribution is -2.07. The van der Waals surface area contributed by atoms with Crippen molar-refractivity contribution in [1.82, 2.24) is 15.1 Å². The number of benzene rings is 1. The first kappa shape index (κ1) is 28.7. The minimum Gasteiger partial charge on any atom is -0.493 e. The van der Waals surface area contributed by atoms with Crippen molar-refractivity contribution in [2.24, 2.45) is 0 Å². The zero-order chi connectivity index (χ0) is 28.9.